The first-order valence-corrected chi connectivity index (χ1v) is 7.72. The summed E-state index contributed by atoms with van der Waals surface area (Å²) in [5.74, 6) is 1.62. The summed E-state index contributed by atoms with van der Waals surface area (Å²) in [4.78, 5) is 12.0. The van der Waals surface area contributed by atoms with Crippen LogP contribution in [0.4, 0.5) is 4.79 Å². The zero-order chi connectivity index (χ0) is 17.0. The van der Waals surface area contributed by atoms with Gasteiger partial charge in [-0.3, -0.25) is 0 Å². The number of hydrogen-bond donors (Lipinski definition) is 3. The highest BCUT2D eigenvalue weighted by atomic mass is 16.3. The summed E-state index contributed by atoms with van der Waals surface area (Å²) < 4.78 is 5.47. The molecule has 1 aromatic heterocycles. The smallest absolute Gasteiger partial charge is 0.315 e. The van der Waals surface area contributed by atoms with Crippen molar-refractivity contribution in [3.8, 4) is 0 Å². The lowest BCUT2D eigenvalue weighted by molar-refractivity contribution is 0.172. The van der Waals surface area contributed by atoms with Crippen molar-refractivity contribution in [2.24, 2.45) is 0 Å². The molecule has 3 N–H and O–H groups in total. The van der Waals surface area contributed by atoms with Crippen LogP contribution in [0.1, 0.15) is 47.3 Å². The van der Waals surface area contributed by atoms with Gasteiger partial charge in [-0.05, 0) is 39.3 Å². The van der Waals surface area contributed by atoms with E-state index in [1.54, 1.807) is 0 Å². The number of benzene rings is 1. The average molecular weight is 316 g/mol. The number of rotatable bonds is 5. The van der Waals surface area contributed by atoms with Gasteiger partial charge >= 0.3 is 6.03 Å². The molecule has 2 aromatic rings. The van der Waals surface area contributed by atoms with Gasteiger partial charge < -0.3 is 20.2 Å². The average Bonchev–Trinajstić information content (AvgIpc) is 2.83. The van der Waals surface area contributed by atoms with Crippen LogP contribution in [0.5, 0.6) is 0 Å². The maximum atomic E-state index is 12.0. The van der Waals surface area contributed by atoms with E-state index in [1.807, 2.05) is 58.0 Å². The molecule has 2 rings (SSSR count). The van der Waals surface area contributed by atoms with Crippen LogP contribution in [0.15, 0.2) is 34.7 Å². The maximum absolute atomic E-state index is 12.0. The summed E-state index contributed by atoms with van der Waals surface area (Å²) in [6.07, 6.45) is -0.728. The lowest BCUT2D eigenvalue weighted by Crippen LogP contribution is -2.39. The van der Waals surface area contributed by atoms with Crippen LogP contribution in [0, 0.1) is 20.8 Å². The maximum Gasteiger partial charge on any atom is 0.315 e. The van der Waals surface area contributed by atoms with E-state index >= 15 is 0 Å². The molecule has 5 nitrogen and oxygen atoms in total. The Balaban J connectivity index is 1.86. The van der Waals surface area contributed by atoms with Crippen molar-refractivity contribution < 1.29 is 14.3 Å². The Morgan fingerprint density at radius 2 is 2.00 bits per heavy atom. The second-order valence-corrected chi connectivity index (χ2v) is 5.87. The molecule has 0 bridgehead atoms. The Labute approximate surface area is 136 Å². The van der Waals surface area contributed by atoms with Gasteiger partial charge in [-0.25, -0.2) is 4.79 Å². The van der Waals surface area contributed by atoms with Crippen LogP contribution < -0.4 is 10.6 Å². The SMILES string of the molecule is Cc1cccc(C(O)CNC(=O)NC(C)c2cc(C)oc2C)c1. The number of nitrogens with one attached hydrogen (secondary N) is 2. The molecule has 2 atom stereocenters. The molecule has 1 aromatic carbocycles. The van der Waals surface area contributed by atoms with Crippen LogP contribution in [-0.4, -0.2) is 17.7 Å². The predicted octanol–water partition coefficient (Wildman–Crippen LogP) is 3.30. The first-order chi connectivity index (χ1) is 10.9. The minimum absolute atomic E-state index is 0.158. The summed E-state index contributed by atoms with van der Waals surface area (Å²) in [5, 5.41) is 15.7. The molecule has 0 aliphatic carbocycles. The van der Waals surface area contributed by atoms with Crippen molar-refractivity contribution in [2.75, 3.05) is 6.54 Å². The van der Waals surface area contributed by atoms with E-state index in [2.05, 4.69) is 10.6 Å². The third-order valence-corrected chi connectivity index (χ3v) is 3.78. The second-order valence-electron chi connectivity index (χ2n) is 5.87. The highest BCUT2D eigenvalue weighted by molar-refractivity contribution is 5.74. The van der Waals surface area contributed by atoms with Crippen molar-refractivity contribution in [3.05, 3.63) is 58.5 Å². The van der Waals surface area contributed by atoms with E-state index < -0.39 is 6.10 Å². The second kappa shape index (κ2) is 7.33. The van der Waals surface area contributed by atoms with Crippen LogP contribution >= 0.6 is 0 Å². The number of carbonyl (C=O) groups excluding carboxylic acids is 1. The molecule has 0 aliphatic heterocycles. The Hall–Kier alpha value is -2.27. The normalized spacial score (nSPS) is 13.4. The van der Waals surface area contributed by atoms with E-state index in [9.17, 15) is 9.90 Å². The van der Waals surface area contributed by atoms with Crippen LogP contribution in [0.2, 0.25) is 0 Å². The highest BCUT2D eigenvalue weighted by Gasteiger charge is 2.16. The van der Waals surface area contributed by atoms with Gasteiger partial charge in [-0.2, -0.15) is 0 Å². The minimum Gasteiger partial charge on any atom is -0.466 e. The van der Waals surface area contributed by atoms with Crippen LogP contribution in [-0.2, 0) is 0 Å². The highest BCUT2D eigenvalue weighted by Crippen LogP contribution is 2.21. The molecule has 1 heterocycles. The monoisotopic (exact) mass is 316 g/mol. The first-order valence-electron chi connectivity index (χ1n) is 7.72. The van der Waals surface area contributed by atoms with Gasteiger partial charge in [-0.15, -0.1) is 0 Å². The molecular formula is C18H24N2O3. The minimum atomic E-state index is -0.728. The molecular weight excluding hydrogens is 292 g/mol. The van der Waals surface area contributed by atoms with Gasteiger partial charge in [0.25, 0.3) is 0 Å². The summed E-state index contributed by atoms with van der Waals surface area (Å²) in [5.41, 5.74) is 2.82. The quantitative estimate of drug-likeness (QED) is 0.792. The summed E-state index contributed by atoms with van der Waals surface area (Å²) in [7, 11) is 0. The molecule has 23 heavy (non-hydrogen) atoms. The Bertz CT molecular complexity index is 679. The van der Waals surface area contributed by atoms with E-state index in [0.717, 1.165) is 28.2 Å². The molecule has 5 heteroatoms. The molecule has 0 fully saturated rings. The fourth-order valence-electron chi connectivity index (χ4n) is 2.59. The van der Waals surface area contributed by atoms with Crippen LogP contribution in [0.25, 0.3) is 0 Å². The Morgan fingerprint density at radius 3 is 2.61 bits per heavy atom. The number of aliphatic hydroxyl groups is 1. The third-order valence-electron chi connectivity index (χ3n) is 3.78. The number of furan rings is 1. The van der Waals surface area contributed by atoms with Crippen molar-refractivity contribution in [3.63, 3.8) is 0 Å². The zero-order valence-electron chi connectivity index (χ0n) is 14.0. The largest absolute Gasteiger partial charge is 0.466 e. The molecule has 2 amide bonds. The standard InChI is InChI=1S/C18H24N2O3/c1-11-6-5-7-15(8-11)17(21)10-19-18(22)20-13(3)16-9-12(2)23-14(16)4/h5-9,13,17,21H,10H2,1-4H3,(H2,19,20,22). The summed E-state index contributed by atoms with van der Waals surface area (Å²) >= 11 is 0. The molecule has 0 saturated heterocycles. The fraction of sp³-hybridized carbons (Fsp3) is 0.389. The summed E-state index contributed by atoms with van der Waals surface area (Å²) in [6.45, 7) is 7.77. The van der Waals surface area contributed by atoms with Crippen molar-refractivity contribution in [1.82, 2.24) is 10.6 Å². The number of carbonyl (C=O) groups is 1. The molecule has 0 spiro atoms. The van der Waals surface area contributed by atoms with Gasteiger partial charge in [0, 0.05) is 12.1 Å². The third kappa shape index (κ3) is 4.60. The van der Waals surface area contributed by atoms with Crippen molar-refractivity contribution in [1.29, 1.82) is 0 Å². The zero-order valence-corrected chi connectivity index (χ0v) is 14.0. The van der Waals surface area contributed by atoms with E-state index in [-0.39, 0.29) is 18.6 Å². The van der Waals surface area contributed by atoms with Gasteiger partial charge in [0.05, 0.1) is 12.1 Å². The number of aryl methyl sites for hydroxylation is 3. The number of amides is 2. The van der Waals surface area contributed by atoms with E-state index in [4.69, 9.17) is 4.42 Å². The topological polar surface area (TPSA) is 74.5 Å². The van der Waals surface area contributed by atoms with E-state index in [1.165, 1.54) is 0 Å². The Kier molecular flexibility index (Phi) is 5.45. The lowest BCUT2D eigenvalue weighted by atomic mass is 10.1. The van der Waals surface area contributed by atoms with Gasteiger partial charge in [-0.1, -0.05) is 29.8 Å². The van der Waals surface area contributed by atoms with Gasteiger partial charge in [0.15, 0.2) is 0 Å². The van der Waals surface area contributed by atoms with Crippen molar-refractivity contribution in [2.45, 2.75) is 39.8 Å². The Morgan fingerprint density at radius 1 is 1.26 bits per heavy atom. The van der Waals surface area contributed by atoms with Gasteiger partial charge in [0.2, 0.25) is 0 Å². The predicted molar refractivity (Wildman–Crippen MR) is 89.3 cm³/mol. The molecule has 0 saturated carbocycles. The fourth-order valence-corrected chi connectivity index (χ4v) is 2.59. The lowest BCUT2D eigenvalue weighted by Gasteiger charge is -2.16. The number of aliphatic hydroxyl groups excluding tert-OH is 1. The summed E-state index contributed by atoms with van der Waals surface area (Å²) in [6, 6.07) is 9.04. The van der Waals surface area contributed by atoms with Crippen LogP contribution in [0.3, 0.4) is 0 Å². The number of urea groups is 1. The molecule has 0 aliphatic rings. The molecule has 124 valence electrons. The van der Waals surface area contributed by atoms with Gasteiger partial charge in [0.1, 0.15) is 11.5 Å². The van der Waals surface area contributed by atoms with E-state index in [0.29, 0.717) is 0 Å². The van der Waals surface area contributed by atoms with Crippen molar-refractivity contribution >= 4 is 6.03 Å². The molecule has 0 radical (unpaired) electrons. The number of hydrogen-bond acceptors (Lipinski definition) is 3. The first kappa shape index (κ1) is 17.1. The molecule has 2 unspecified atom stereocenters.